The standard InChI is InChI=1S/C41H50N4O8S2/c1-26(2)22-38-35(32-14-12-31(13-15-32)30-10-8-7-9-11-30)24-34(27(3)4)40(53-38)36-23-33(16-17-37(36)52-25-39(46)47)54(48,49)44-18-20-45(21-19-44)55(50,51)41-28(5)42-43-29(41)6/h7-17,23,26,34-35,38,40H,3,18-22,24-25H2,1-2,4-6H3,(H,42,43)(H,46,47)/t34-,35-,38+,40+/m0/s1. The van der Waals surface area contributed by atoms with Gasteiger partial charge in [0.05, 0.1) is 28.5 Å². The van der Waals surface area contributed by atoms with E-state index < -0.39 is 38.7 Å². The van der Waals surface area contributed by atoms with E-state index in [0.29, 0.717) is 23.4 Å². The lowest BCUT2D eigenvalue weighted by molar-refractivity contribution is -0.139. The molecule has 55 heavy (non-hydrogen) atoms. The van der Waals surface area contributed by atoms with Gasteiger partial charge in [-0.25, -0.2) is 21.6 Å². The maximum Gasteiger partial charge on any atom is 0.341 e. The minimum Gasteiger partial charge on any atom is -0.482 e. The van der Waals surface area contributed by atoms with Gasteiger partial charge in [-0.3, -0.25) is 5.10 Å². The van der Waals surface area contributed by atoms with Crippen molar-refractivity contribution in [1.82, 2.24) is 18.8 Å². The summed E-state index contributed by atoms with van der Waals surface area (Å²) in [7, 11) is -8.01. The van der Waals surface area contributed by atoms with Crippen LogP contribution >= 0.6 is 0 Å². The number of carbonyl (C=O) groups is 1. The molecule has 2 fully saturated rings. The van der Waals surface area contributed by atoms with Gasteiger partial charge >= 0.3 is 5.97 Å². The molecular weight excluding hydrogens is 741 g/mol. The van der Waals surface area contributed by atoms with Gasteiger partial charge in [-0.1, -0.05) is 80.6 Å². The van der Waals surface area contributed by atoms with Gasteiger partial charge in [0.25, 0.3) is 0 Å². The lowest BCUT2D eigenvalue weighted by Gasteiger charge is -2.44. The van der Waals surface area contributed by atoms with E-state index >= 15 is 0 Å². The molecule has 4 atom stereocenters. The second-order valence-corrected chi connectivity index (χ2v) is 18.8. The van der Waals surface area contributed by atoms with Crippen LogP contribution in [0.1, 0.15) is 68.1 Å². The Bertz CT molecular complexity index is 2210. The summed E-state index contributed by atoms with van der Waals surface area (Å²) in [5.74, 6) is -0.905. The van der Waals surface area contributed by atoms with Crippen molar-refractivity contribution in [3.05, 3.63) is 107 Å². The van der Waals surface area contributed by atoms with Crippen molar-refractivity contribution >= 4 is 26.0 Å². The molecule has 0 radical (unpaired) electrons. The predicted molar refractivity (Wildman–Crippen MR) is 210 cm³/mol. The normalized spacial score (nSPS) is 21.4. The molecule has 6 rings (SSSR count). The quantitative estimate of drug-likeness (QED) is 0.141. The third kappa shape index (κ3) is 8.58. The number of aromatic nitrogens is 2. The minimum absolute atomic E-state index is 0.0164. The number of H-pyrrole nitrogens is 1. The van der Waals surface area contributed by atoms with Gasteiger partial charge in [0.15, 0.2) is 6.61 Å². The summed E-state index contributed by atoms with van der Waals surface area (Å²) in [6, 6.07) is 23.1. The minimum atomic E-state index is -4.12. The molecule has 2 saturated heterocycles. The SMILES string of the molecule is C=C(C)[C@@H]1C[C@@H](c2ccc(-c3ccccc3)cc2)[C@@H](CC(C)C)O[C@H]1c1cc(S(=O)(=O)N2CCN(S(=O)(=O)c3c(C)n[nH]c3C)CC2)ccc1OCC(=O)O. The highest BCUT2D eigenvalue weighted by Gasteiger charge is 2.42. The molecule has 3 heterocycles. The monoisotopic (exact) mass is 790 g/mol. The Morgan fingerprint density at radius 2 is 1.56 bits per heavy atom. The van der Waals surface area contributed by atoms with Gasteiger partial charge in [0, 0.05) is 43.6 Å². The van der Waals surface area contributed by atoms with Crippen molar-refractivity contribution in [2.24, 2.45) is 11.8 Å². The highest BCUT2D eigenvalue weighted by atomic mass is 32.2. The van der Waals surface area contributed by atoms with E-state index in [9.17, 15) is 26.7 Å². The highest BCUT2D eigenvalue weighted by molar-refractivity contribution is 7.89. The maximum atomic E-state index is 14.2. The third-order valence-electron chi connectivity index (χ3n) is 10.6. The van der Waals surface area contributed by atoms with Crippen LogP contribution < -0.4 is 4.74 Å². The third-order valence-corrected chi connectivity index (χ3v) is 14.6. The van der Waals surface area contributed by atoms with Crippen LogP contribution in [0.25, 0.3) is 11.1 Å². The van der Waals surface area contributed by atoms with Gasteiger partial charge in [-0.15, -0.1) is 0 Å². The summed E-state index contributed by atoms with van der Waals surface area (Å²) in [5.41, 5.74) is 5.42. The summed E-state index contributed by atoms with van der Waals surface area (Å²) in [5, 5.41) is 16.2. The number of carboxylic acid groups (broad SMARTS) is 1. The van der Waals surface area contributed by atoms with E-state index in [2.05, 4.69) is 67.0 Å². The molecule has 2 N–H and O–H groups in total. The molecule has 4 aromatic rings. The Labute approximate surface area is 324 Å². The van der Waals surface area contributed by atoms with Crippen molar-refractivity contribution in [3.63, 3.8) is 0 Å². The Balaban J connectivity index is 1.31. The van der Waals surface area contributed by atoms with Crippen molar-refractivity contribution in [3.8, 4) is 16.9 Å². The fraction of sp³-hybridized carbons (Fsp3) is 0.415. The largest absolute Gasteiger partial charge is 0.482 e. The first kappa shape index (κ1) is 40.3. The van der Waals surface area contributed by atoms with Crippen molar-refractivity contribution in [2.75, 3.05) is 32.8 Å². The summed E-state index contributed by atoms with van der Waals surface area (Å²) in [6.45, 7) is 13.0. The summed E-state index contributed by atoms with van der Waals surface area (Å²) < 4.78 is 70.8. The summed E-state index contributed by atoms with van der Waals surface area (Å²) in [6.07, 6.45) is 0.485. The average Bonchev–Trinajstić information content (AvgIpc) is 3.51. The molecule has 1 aromatic heterocycles. The topological polar surface area (TPSA) is 159 Å². The number of aryl methyl sites for hydroxylation is 2. The fourth-order valence-electron chi connectivity index (χ4n) is 7.79. The van der Waals surface area contributed by atoms with E-state index in [1.54, 1.807) is 13.8 Å². The second-order valence-electron chi connectivity index (χ2n) is 15.0. The smallest absolute Gasteiger partial charge is 0.341 e. The first-order valence-electron chi connectivity index (χ1n) is 18.5. The molecule has 14 heteroatoms. The molecule has 0 bridgehead atoms. The molecule has 0 aliphatic carbocycles. The summed E-state index contributed by atoms with van der Waals surface area (Å²) in [4.78, 5) is 11.7. The number of benzene rings is 3. The lowest BCUT2D eigenvalue weighted by atomic mass is 9.74. The Morgan fingerprint density at radius 1 is 0.945 bits per heavy atom. The first-order chi connectivity index (χ1) is 26.1. The van der Waals surface area contributed by atoms with Gasteiger partial charge in [0.1, 0.15) is 10.6 Å². The molecule has 2 aliphatic heterocycles. The van der Waals surface area contributed by atoms with E-state index in [4.69, 9.17) is 9.47 Å². The maximum absolute atomic E-state index is 14.2. The van der Waals surface area contributed by atoms with Crippen molar-refractivity contribution < 1.29 is 36.2 Å². The van der Waals surface area contributed by atoms with E-state index in [0.717, 1.165) is 28.7 Å². The number of hydrogen-bond donors (Lipinski definition) is 2. The summed E-state index contributed by atoms with van der Waals surface area (Å²) >= 11 is 0. The van der Waals surface area contributed by atoms with Crippen molar-refractivity contribution in [2.45, 2.75) is 75.4 Å². The van der Waals surface area contributed by atoms with Crippen LogP contribution in [-0.4, -0.2) is 85.6 Å². The van der Waals surface area contributed by atoms with Crippen LogP contribution in [0.4, 0.5) is 0 Å². The zero-order valence-electron chi connectivity index (χ0n) is 31.9. The fourth-order valence-corrected chi connectivity index (χ4v) is 11.0. The number of ether oxygens (including phenoxy) is 2. The number of sulfonamides is 2. The van der Waals surface area contributed by atoms with Crippen LogP contribution in [0.2, 0.25) is 0 Å². The molecule has 0 amide bonds. The molecule has 0 spiro atoms. The molecule has 2 aliphatic rings. The number of nitrogens with one attached hydrogen (secondary N) is 1. The average molecular weight is 791 g/mol. The molecule has 12 nitrogen and oxygen atoms in total. The van der Waals surface area contributed by atoms with E-state index in [1.807, 2.05) is 25.1 Å². The van der Waals surface area contributed by atoms with Gasteiger partial charge in [-0.2, -0.15) is 13.7 Å². The number of rotatable bonds is 13. The predicted octanol–water partition coefficient (Wildman–Crippen LogP) is 6.70. The van der Waals surface area contributed by atoms with Gasteiger partial charge in [-0.05, 0) is 74.4 Å². The second kappa shape index (κ2) is 16.4. The van der Waals surface area contributed by atoms with Gasteiger partial charge < -0.3 is 14.6 Å². The molecule has 294 valence electrons. The number of piperazine rings is 1. The molecule has 3 aromatic carbocycles. The van der Waals surface area contributed by atoms with E-state index in [-0.39, 0.29) is 65.6 Å². The van der Waals surface area contributed by atoms with Crippen LogP contribution in [0, 0.1) is 25.7 Å². The van der Waals surface area contributed by atoms with Crippen LogP contribution in [0.5, 0.6) is 5.75 Å². The van der Waals surface area contributed by atoms with Gasteiger partial charge in [0.2, 0.25) is 20.0 Å². The molecule has 0 unspecified atom stereocenters. The van der Waals surface area contributed by atoms with E-state index in [1.165, 1.54) is 26.8 Å². The van der Waals surface area contributed by atoms with Crippen LogP contribution in [-0.2, 0) is 29.6 Å². The number of hydrogen-bond acceptors (Lipinski definition) is 8. The Hall–Kier alpha value is -4.34. The lowest BCUT2D eigenvalue weighted by Crippen LogP contribution is -2.50. The Morgan fingerprint density at radius 3 is 2.13 bits per heavy atom. The number of carboxylic acids is 1. The van der Waals surface area contributed by atoms with Crippen molar-refractivity contribution in [1.29, 1.82) is 0 Å². The molecule has 0 saturated carbocycles. The number of aliphatic carboxylic acids is 1. The first-order valence-corrected chi connectivity index (χ1v) is 21.4. The number of aromatic amines is 1. The van der Waals surface area contributed by atoms with Crippen LogP contribution in [0.3, 0.4) is 0 Å². The molecular formula is C41H50N4O8S2. The highest BCUT2D eigenvalue weighted by Crippen LogP contribution is 2.50. The zero-order chi connectivity index (χ0) is 39.7. The zero-order valence-corrected chi connectivity index (χ0v) is 33.6. The van der Waals surface area contributed by atoms with Crippen LogP contribution in [0.15, 0.2) is 94.7 Å². The Kier molecular flexibility index (Phi) is 12.0. The number of nitrogens with zero attached hydrogens (tertiary/aromatic N) is 3.